The maximum absolute atomic E-state index is 3.05. The average molecular weight is 347 g/mol. The van der Waals surface area contributed by atoms with Crippen LogP contribution in [-0.2, 0) is 0 Å². The van der Waals surface area contributed by atoms with Crippen LogP contribution in [0.4, 0.5) is 0 Å². The van der Waals surface area contributed by atoms with Gasteiger partial charge < -0.3 is 0 Å². The molecule has 0 N–H and O–H groups in total. The molecule has 0 aromatic carbocycles. The SMILES string of the molecule is CC(C)CN1CN(C2CCCCC2)C2CCCCC2C12CCCCC2. The van der Waals surface area contributed by atoms with Gasteiger partial charge in [-0.3, -0.25) is 9.80 Å². The van der Waals surface area contributed by atoms with E-state index >= 15 is 0 Å². The highest BCUT2D eigenvalue weighted by Gasteiger charge is 2.54. The minimum atomic E-state index is 0.568. The van der Waals surface area contributed by atoms with Crippen LogP contribution in [-0.4, -0.2) is 40.6 Å². The van der Waals surface area contributed by atoms with E-state index in [0.29, 0.717) is 5.54 Å². The highest BCUT2D eigenvalue weighted by Crippen LogP contribution is 2.51. The van der Waals surface area contributed by atoms with Gasteiger partial charge in [-0.1, -0.05) is 65.2 Å². The number of hydrogen-bond donors (Lipinski definition) is 0. The molecule has 3 aliphatic carbocycles. The molecule has 0 amide bonds. The zero-order valence-corrected chi connectivity index (χ0v) is 17.0. The van der Waals surface area contributed by atoms with Crippen LogP contribution in [0.5, 0.6) is 0 Å². The van der Waals surface area contributed by atoms with Crippen LogP contribution in [0.2, 0.25) is 0 Å². The van der Waals surface area contributed by atoms with Gasteiger partial charge in [0.2, 0.25) is 0 Å². The molecule has 0 aromatic heterocycles. The normalized spacial score (nSPS) is 35.2. The summed E-state index contributed by atoms with van der Waals surface area (Å²) in [7, 11) is 0. The highest BCUT2D eigenvalue weighted by atomic mass is 15.4. The summed E-state index contributed by atoms with van der Waals surface area (Å²) < 4.78 is 0. The van der Waals surface area contributed by atoms with E-state index < -0.39 is 0 Å². The third-order valence-electron chi connectivity index (χ3n) is 8.16. The average Bonchev–Trinajstić information content (AvgIpc) is 2.65. The Kier molecular flexibility index (Phi) is 5.77. The van der Waals surface area contributed by atoms with Gasteiger partial charge in [0.05, 0.1) is 6.67 Å². The van der Waals surface area contributed by atoms with Crippen molar-refractivity contribution >= 4 is 0 Å². The van der Waals surface area contributed by atoms with E-state index in [1.807, 2.05) is 0 Å². The quantitative estimate of drug-likeness (QED) is 0.636. The molecule has 2 heteroatoms. The number of hydrogen-bond acceptors (Lipinski definition) is 2. The second kappa shape index (κ2) is 7.89. The first-order chi connectivity index (χ1) is 12.2. The van der Waals surface area contributed by atoms with Crippen LogP contribution in [0.1, 0.15) is 104 Å². The fourth-order valence-corrected chi connectivity index (χ4v) is 7.14. The van der Waals surface area contributed by atoms with Gasteiger partial charge in [0.15, 0.2) is 0 Å². The molecule has 1 spiro atoms. The van der Waals surface area contributed by atoms with E-state index in [4.69, 9.17) is 0 Å². The van der Waals surface area contributed by atoms with E-state index in [1.165, 1.54) is 103 Å². The largest absolute Gasteiger partial charge is 0.284 e. The molecule has 1 heterocycles. The van der Waals surface area contributed by atoms with Gasteiger partial charge in [-0.15, -0.1) is 0 Å². The number of rotatable bonds is 3. The molecule has 2 nitrogen and oxygen atoms in total. The van der Waals surface area contributed by atoms with Gasteiger partial charge in [0.25, 0.3) is 0 Å². The monoisotopic (exact) mass is 346 g/mol. The topological polar surface area (TPSA) is 6.48 Å². The molecule has 144 valence electrons. The van der Waals surface area contributed by atoms with E-state index in [0.717, 1.165) is 23.9 Å². The fourth-order valence-electron chi connectivity index (χ4n) is 7.14. The molecule has 2 atom stereocenters. The Balaban J connectivity index is 1.63. The van der Waals surface area contributed by atoms with Crippen molar-refractivity contribution in [1.82, 2.24) is 9.80 Å². The minimum Gasteiger partial charge on any atom is -0.284 e. The van der Waals surface area contributed by atoms with Crippen molar-refractivity contribution in [3.63, 3.8) is 0 Å². The summed E-state index contributed by atoms with van der Waals surface area (Å²) in [5.41, 5.74) is 0.568. The van der Waals surface area contributed by atoms with Gasteiger partial charge in [-0.05, 0) is 50.4 Å². The Hall–Kier alpha value is -0.0800. The summed E-state index contributed by atoms with van der Waals surface area (Å²) in [5, 5.41) is 0. The third-order valence-corrected chi connectivity index (χ3v) is 8.16. The molecular weight excluding hydrogens is 304 g/mol. The Morgan fingerprint density at radius 2 is 1.44 bits per heavy atom. The lowest BCUT2D eigenvalue weighted by Crippen LogP contribution is -2.71. The lowest BCUT2D eigenvalue weighted by molar-refractivity contribution is -0.153. The van der Waals surface area contributed by atoms with Crippen LogP contribution >= 0.6 is 0 Å². The first-order valence-corrected chi connectivity index (χ1v) is 11.7. The molecule has 0 radical (unpaired) electrons. The van der Waals surface area contributed by atoms with Gasteiger partial charge in [0, 0.05) is 24.2 Å². The Morgan fingerprint density at radius 1 is 0.800 bits per heavy atom. The summed E-state index contributed by atoms with van der Waals surface area (Å²) in [6.07, 6.45) is 20.9. The number of nitrogens with zero attached hydrogens (tertiary/aromatic N) is 2. The maximum Gasteiger partial charge on any atom is 0.0517 e. The second-order valence-corrected chi connectivity index (χ2v) is 10.2. The number of fused-ring (bicyclic) bond motifs is 2. The van der Waals surface area contributed by atoms with Gasteiger partial charge in [0.1, 0.15) is 0 Å². The molecule has 4 aliphatic rings. The van der Waals surface area contributed by atoms with Crippen LogP contribution in [0, 0.1) is 11.8 Å². The van der Waals surface area contributed by atoms with Crippen molar-refractivity contribution in [3.05, 3.63) is 0 Å². The highest BCUT2D eigenvalue weighted by molar-refractivity contribution is 5.08. The lowest BCUT2D eigenvalue weighted by atomic mass is 9.62. The van der Waals surface area contributed by atoms with Crippen LogP contribution in [0.3, 0.4) is 0 Å². The summed E-state index contributed by atoms with van der Waals surface area (Å²) in [5.74, 6) is 1.77. The van der Waals surface area contributed by atoms with Crippen molar-refractivity contribution in [2.75, 3.05) is 13.2 Å². The molecule has 0 bridgehead atoms. The standard InChI is InChI=1S/C23H42N2/c1-19(2)17-24-18-25(20-11-5-3-6-12-20)22-14-8-7-13-21(22)23(24)15-9-4-10-16-23/h19-22H,3-18H2,1-2H3. The predicted molar refractivity (Wildman–Crippen MR) is 107 cm³/mol. The molecule has 4 rings (SSSR count). The lowest BCUT2D eigenvalue weighted by Gasteiger charge is -2.63. The smallest absolute Gasteiger partial charge is 0.0517 e. The Bertz CT molecular complexity index is 420. The van der Waals surface area contributed by atoms with Gasteiger partial charge >= 0.3 is 0 Å². The zero-order chi connectivity index (χ0) is 17.3. The molecule has 25 heavy (non-hydrogen) atoms. The van der Waals surface area contributed by atoms with Crippen molar-refractivity contribution < 1.29 is 0 Å². The van der Waals surface area contributed by atoms with E-state index in [2.05, 4.69) is 23.6 Å². The van der Waals surface area contributed by atoms with Crippen molar-refractivity contribution in [2.45, 2.75) is 121 Å². The molecular formula is C23H42N2. The first-order valence-electron chi connectivity index (χ1n) is 11.7. The Labute approximate surface area is 156 Å². The van der Waals surface area contributed by atoms with Crippen LogP contribution in [0.15, 0.2) is 0 Å². The molecule has 3 saturated carbocycles. The third kappa shape index (κ3) is 3.55. The van der Waals surface area contributed by atoms with Crippen LogP contribution in [0.25, 0.3) is 0 Å². The summed E-state index contributed by atoms with van der Waals surface area (Å²) >= 11 is 0. The predicted octanol–water partition coefficient (Wildman–Crippen LogP) is 5.81. The minimum absolute atomic E-state index is 0.568. The molecule has 1 aliphatic heterocycles. The van der Waals surface area contributed by atoms with Gasteiger partial charge in [-0.2, -0.15) is 0 Å². The van der Waals surface area contributed by atoms with E-state index in [1.54, 1.807) is 0 Å². The fraction of sp³-hybridized carbons (Fsp3) is 1.00. The van der Waals surface area contributed by atoms with Crippen molar-refractivity contribution in [1.29, 1.82) is 0 Å². The molecule has 1 saturated heterocycles. The van der Waals surface area contributed by atoms with Crippen LogP contribution < -0.4 is 0 Å². The summed E-state index contributed by atoms with van der Waals surface area (Å²) in [6.45, 7) is 7.50. The van der Waals surface area contributed by atoms with Crippen molar-refractivity contribution in [2.24, 2.45) is 11.8 Å². The van der Waals surface area contributed by atoms with E-state index in [-0.39, 0.29) is 0 Å². The molecule has 4 fully saturated rings. The molecule has 2 unspecified atom stereocenters. The maximum atomic E-state index is 3.05. The Morgan fingerprint density at radius 3 is 2.16 bits per heavy atom. The molecule has 0 aromatic rings. The summed E-state index contributed by atoms with van der Waals surface area (Å²) in [4.78, 5) is 6.07. The second-order valence-electron chi connectivity index (χ2n) is 10.2. The van der Waals surface area contributed by atoms with Crippen molar-refractivity contribution in [3.8, 4) is 0 Å². The van der Waals surface area contributed by atoms with E-state index in [9.17, 15) is 0 Å². The zero-order valence-electron chi connectivity index (χ0n) is 17.0. The first kappa shape index (κ1) is 18.3. The van der Waals surface area contributed by atoms with Gasteiger partial charge in [-0.25, -0.2) is 0 Å². The summed E-state index contributed by atoms with van der Waals surface area (Å²) in [6, 6.07) is 1.81.